The molecule has 0 radical (unpaired) electrons. The highest BCUT2D eigenvalue weighted by Gasteiger charge is 2.12. The van der Waals surface area contributed by atoms with Gasteiger partial charge in [-0.05, 0) is 41.9 Å². The van der Waals surface area contributed by atoms with Gasteiger partial charge in [0.15, 0.2) is 0 Å². The molecule has 0 aliphatic rings. The van der Waals surface area contributed by atoms with Crippen LogP contribution in [-0.4, -0.2) is 13.1 Å². The van der Waals surface area contributed by atoms with E-state index in [2.05, 4.69) is 5.32 Å². The van der Waals surface area contributed by atoms with E-state index in [0.29, 0.717) is 18.2 Å². The van der Waals surface area contributed by atoms with E-state index in [0.717, 1.165) is 17.7 Å². The minimum absolute atomic E-state index is 0.195. The summed E-state index contributed by atoms with van der Waals surface area (Å²) in [6.45, 7) is 3.94. The summed E-state index contributed by atoms with van der Waals surface area (Å²) >= 11 is 5.96. The van der Waals surface area contributed by atoms with Crippen LogP contribution in [0.5, 0.6) is 0 Å². The molecule has 1 N–H and O–H groups in total. The van der Waals surface area contributed by atoms with Crippen molar-refractivity contribution in [2.24, 2.45) is 0 Å². The Hall–Kier alpha value is -1.42. The van der Waals surface area contributed by atoms with Crippen molar-refractivity contribution in [3.63, 3.8) is 0 Å². The van der Waals surface area contributed by atoms with E-state index in [-0.39, 0.29) is 11.9 Å². The summed E-state index contributed by atoms with van der Waals surface area (Å²) < 4.78 is 19.3. The van der Waals surface area contributed by atoms with Crippen molar-refractivity contribution in [2.75, 3.05) is 13.1 Å². The van der Waals surface area contributed by atoms with Crippen molar-refractivity contribution in [2.45, 2.75) is 19.6 Å². The lowest BCUT2D eigenvalue weighted by molar-refractivity contribution is 0.0400. The third kappa shape index (κ3) is 5.12. The van der Waals surface area contributed by atoms with Crippen LogP contribution in [0.25, 0.3) is 0 Å². The highest BCUT2D eigenvalue weighted by atomic mass is 35.5. The molecule has 2 aromatic carbocycles. The number of halogens is 2. The molecule has 0 aliphatic carbocycles. The second-order valence-corrected chi connectivity index (χ2v) is 5.23. The maximum absolute atomic E-state index is 13.4. The number of rotatable bonds is 7. The standard InChI is InChI=1S/C17H19ClFNO/c1-2-20-11-17(14-6-4-8-16(19)10-14)21-12-13-5-3-7-15(18)9-13/h3-10,17,20H,2,11-12H2,1H3. The molecule has 0 amide bonds. The zero-order valence-corrected chi connectivity index (χ0v) is 12.7. The number of hydrogen-bond donors (Lipinski definition) is 1. The van der Waals surface area contributed by atoms with Crippen molar-refractivity contribution in [3.8, 4) is 0 Å². The number of ether oxygens (including phenoxy) is 1. The molecule has 0 bridgehead atoms. The molecule has 112 valence electrons. The predicted molar refractivity (Wildman–Crippen MR) is 83.9 cm³/mol. The van der Waals surface area contributed by atoms with E-state index in [1.54, 1.807) is 6.07 Å². The number of likely N-dealkylation sites (N-methyl/N-ethyl adjacent to an activating group) is 1. The summed E-state index contributed by atoms with van der Waals surface area (Å²) in [5.74, 6) is -0.250. The summed E-state index contributed by atoms with van der Waals surface area (Å²) in [6, 6.07) is 14.1. The maximum Gasteiger partial charge on any atom is 0.123 e. The molecule has 0 spiro atoms. The van der Waals surface area contributed by atoms with E-state index in [1.807, 2.05) is 37.3 Å². The summed E-state index contributed by atoms with van der Waals surface area (Å²) in [6.07, 6.45) is -0.195. The lowest BCUT2D eigenvalue weighted by Crippen LogP contribution is -2.23. The van der Waals surface area contributed by atoms with Gasteiger partial charge in [0.25, 0.3) is 0 Å². The highest BCUT2D eigenvalue weighted by molar-refractivity contribution is 6.30. The normalized spacial score (nSPS) is 12.3. The Morgan fingerprint density at radius 2 is 2.00 bits per heavy atom. The van der Waals surface area contributed by atoms with E-state index in [1.165, 1.54) is 12.1 Å². The molecule has 2 nitrogen and oxygen atoms in total. The first kappa shape index (κ1) is 16.0. The zero-order valence-electron chi connectivity index (χ0n) is 12.0. The molecule has 4 heteroatoms. The van der Waals surface area contributed by atoms with Gasteiger partial charge in [-0.1, -0.05) is 42.8 Å². The van der Waals surface area contributed by atoms with Crippen molar-refractivity contribution < 1.29 is 9.13 Å². The van der Waals surface area contributed by atoms with E-state index >= 15 is 0 Å². The summed E-state index contributed by atoms with van der Waals surface area (Å²) in [5.41, 5.74) is 1.83. The van der Waals surface area contributed by atoms with Crippen LogP contribution in [0.3, 0.4) is 0 Å². The van der Waals surface area contributed by atoms with Crippen LogP contribution in [0.2, 0.25) is 5.02 Å². The van der Waals surface area contributed by atoms with Gasteiger partial charge in [0.2, 0.25) is 0 Å². The molecular weight excluding hydrogens is 289 g/mol. The van der Waals surface area contributed by atoms with Gasteiger partial charge in [0, 0.05) is 11.6 Å². The van der Waals surface area contributed by atoms with Gasteiger partial charge in [-0.15, -0.1) is 0 Å². The second kappa shape index (κ2) is 8.13. The molecular formula is C17H19ClFNO. The van der Waals surface area contributed by atoms with Crippen LogP contribution < -0.4 is 5.32 Å². The summed E-state index contributed by atoms with van der Waals surface area (Å²) in [7, 11) is 0. The first-order chi connectivity index (χ1) is 10.2. The van der Waals surface area contributed by atoms with Crippen LogP contribution in [0, 0.1) is 5.82 Å². The number of nitrogens with one attached hydrogen (secondary N) is 1. The molecule has 1 unspecified atom stereocenters. The van der Waals surface area contributed by atoms with Gasteiger partial charge < -0.3 is 10.1 Å². The van der Waals surface area contributed by atoms with Gasteiger partial charge in [0.1, 0.15) is 5.82 Å². The molecule has 1 atom stereocenters. The Balaban J connectivity index is 2.06. The van der Waals surface area contributed by atoms with Crippen LogP contribution in [0.15, 0.2) is 48.5 Å². The second-order valence-electron chi connectivity index (χ2n) is 4.79. The molecule has 0 heterocycles. The van der Waals surface area contributed by atoms with E-state index in [9.17, 15) is 4.39 Å². The third-order valence-electron chi connectivity index (χ3n) is 3.14. The Morgan fingerprint density at radius 3 is 2.71 bits per heavy atom. The maximum atomic E-state index is 13.4. The molecule has 0 fully saturated rings. The van der Waals surface area contributed by atoms with Gasteiger partial charge in [-0.3, -0.25) is 0 Å². The summed E-state index contributed by atoms with van der Waals surface area (Å²) in [5, 5.41) is 3.93. The Morgan fingerprint density at radius 1 is 1.19 bits per heavy atom. The van der Waals surface area contributed by atoms with Crippen molar-refractivity contribution in [3.05, 3.63) is 70.5 Å². The molecule has 0 aromatic heterocycles. The number of benzene rings is 2. The SMILES string of the molecule is CCNCC(OCc1cccc(Cl)c1)c1cccc(F)c1. The van der Waals surface area contributed by atoms with Crippen molar-refractivity contribution in [1.29, 1.82) is 0 Å². The summed E-state index contributed by atoms with van der Waals surface area (Å²) in [4.78, 5) is 0. The molecule has 2 rings (SSSR count). The van der Waals surface area contributed by atoms with Gasteiger partial charge in [-0.2, -0.15) is 0 Å². The number of hydrogen-bond acceptors (Lipinski definition) is 2. The van der Waals surface area contributed by atoms with Crippen molar-refractivity contribution in [1.82, 2.24) is 5.32 Å². The lowest BCUT2D eigenvalue weighted by Gasteiger charge is -2.19. The molecule has 0 saturated heterocycles. The minimum atomic E-state index is -0.250. The fourth-order valence-electron chi connectivity index (χ4n) is 2.08. The predicted octanol–water partition coefficient (Wildman–Crippen LogP) is 4.35. The fourth-order valence-corrected chi connectivity index (χ4v) is 2.29. The van der Waals surface area contributed by atoms with Crippen LogP contribution >= 0.6 is 11.6 Å². The Bertz CT molecular complexity index is 576. The van der Waals surface area contributed by atoms with Crippen LogP contribution in [-0.2, 0) is 11.3 Å². The largest absolute Gasteiger partial charge is 0.368 e. The molecule has 0 aliphatic heterocycles. The highest BCUT2D eigenvalue weighted by Crippen LogP contribution is 2.20. The third-order valence-corrected chi connectivity index (χ3v) is 3.38. The molecule has 2 aromatic rings. The Labute approximate surface area is 129 Å². The first-order valence-electron chi connectivity index (χ1n) is 7.01. The van der Waals surface area contributed by atoms with E-state index in [4.69, 9.17) is 16.3 Å². The monoisotopic (exact) mass is 307 g/mol. The molecule has 21 heavy (non-hydrogen) atoms. The fraction of sp³-hybridized carbons (Fsp3) is 0.294. The average molecular weight is 308 g/mol. The zero-order chi connectivity index (χ0) is 15.1. The van der Waals surface area contributed by atoms with Gasteiger partial charge >= 0.3 is 0 Å². The van der Waals surface area contributed by atoms with Crippen molar-refractivity contribution >= 4 is 11.6 Å². The minimum Gasteiger partial charge on any atom is -0.368 e. The topological polar surface area (TPSA) is 21.3 Å². The quantitative estimate of drug-likeness (QED) is 0.821. The van der Waals surface area contributed by atoms with Crippen LogP contribution in [0.4, 0.5) is 4.39 Å². The van der Waals surface area contributed by atoms with E-state index < -0.39 is 0 Å². The van der Waals surface area contributed by atoms with Gasteiger partial charge in [0.05, 0.1) is 12.7 Å². The first-order valence-corrected chi connectivity index (χ1v) is 7.39. The Kier molecular flexibility index (Phi) is 6.18. The molecule has 0 saturated carbocycles. The average Bonchev–Trinajstić information content (AvgIpc) is 2.47. The van der Waals surface area contributed by atoms with Crippen LogP contribution in [0.1, 0.15) is 24.2 Å². The van der Waals surface area contributed by atoms with Gasteiger partial charge in [-0.25, -0.2) is 4.39 Å². The smallest absolute Gasteiger partial charge is 0.123 e. The lowest BCUT2D eigenvalue weighted by atomic mass is 10.1.